The largest absolute Gasteiger partial charge is 0.178 e. The molecule has 1 rings (SSSR count). The Bertz CT molecular complexity index is 331. The van der Waals surface area contributed by atoms with Gasteiger partial charge in [0.25, 0.3) is 0 Å². The molecule has 0 bridgehead atoms. The van der Waals surface area contributed by atoms with Crippen LogP contribution < -0.4 is 0 Å². The van der Waals surface area contributed by atoms with Crippen LogP contribution in [-0.2, 0) is 6.42 Å². The van der Waals surface area contributed by atoms with Gasteiger partial charge in [-0.25, -0.2) is 0 Å². The van der Waals surface area contributed by atoms with Gasteiger partial charge in [-0.2, -0.15) is 5.21 Å². The summed E-state index contributed by atoms with van der Waals surface area (Å²) in [5.41, 5.74) is 2.75. The maximum absolute atomic E-state index is 3.89. The second-order valence-corrected chi connectivity index (χ2v) is 3.90. The number of nitrogens with one attached hydrogen (secondary N) is 1. The van der Waals surface area contributed by atoms with Gasteiger partial charge in [0.1, 0.15) is 0 Å². The second kappa shape index (κ2) is 6.11. The molecule has 0 aliphatic rings. The topological polar surface area (TPSA) is 54.5 Å². The maximum Gasteiger partial charge on any atom is 0.178 e. The van der Waals surface area contributed by atoms with E-state index in [-0.39, 0.29) is 0 Å². The Kier molecular flexibility index (Phi) is 4.74. The fourth-order valence-electron chi connectivity index (χ4n) is 1.23. The average molecular weight is 206 g/mol. The molecular weight excluding hydrogens is 188 g/mol. The highest BCUT2D eigenvalue weighted by molar-refractivity contribution is 5.04. The van der Waals surface area contributed by atoms with Gasteiger partial charge in [-0.3, -0.25) is 0 Å². The zero-order valence-electron chi connectivity index (χ0n) is 9.62. The summed E-state index contributed by atoms with van der Waals surface area (Å²) < 4.78 is 0. The van der Waals surface area contributed by atoms with E-state index >= 15 is 0 Å². The Balaban J connectivity index is 2.30. The van der Waals surface area contributed by atoms with Crippen molar-refractivity contribution in [1.29, 1.82) is 0 Å². The third-order valence-electron chi connectivity index (χ3n) is 2.11. The summed E-state index contributed by atoms with van der Waals surface area (Å²) in [6.07, 6.45) is 7.38. The molecule has 1 aromatic heterocycles. The van der Waals surface area contributed by atoms with Gasteiger partial charge in [0, 0.05) is 6.42 Å². The van der Waals surface area contributed by atoms with E-state index in [4.69, 9.17) is 0 Å². The van der Waals surface area contributed by atoms with Crippen LogP contribution in [0.1, 0.15) is 39.4 Å². The molecular formula is C11H18N4. The lowest BCUT2D eigenvalue weighted by Crippen LogP contribution is -1.86. The van der Waals surface area contributed by atoms with Crippen molar-refractivity contribution >= 4 is 0 Å². The summed E-state index contributed by atoms with van der Waals surface area (Å²) in [6, 6.07) is 0. The number of allylic oxidation sites excluding steroid dienone is 4. The monoisotopic (exact) mass is 206 g/mol. The number of nitrogens with zero attached hydrogens (tertiary/aromatic N) is 3. The molecule has 0 unspecified atom stereocenters. The van der Waals surface area contributed by atoms with Crippen LogP contribution in [0.15, 0.2) is 23.3 Å². The van der Waals surface area contributed by atoms with Crippen molar-refractivity contribution < 1.29 is 0 Å². The van der Waals surface area contributed by atoms with Crippen molar-refractivity contribution in [2.24, 2.45) is 0 Å². The minimum atomic E-state index is 0.747. The van der Waals surface area contributed by atoms with Crippen LogP contribution in [0.5, 0.6) is 0 Å². The van der Waals surface area contributed by atoms with Gasteiger partial charge in [-0.1, -0.05) is 28.5 Å². The molecule has 0 fully saturated rings. The highest BCUT2D eigenvalue weighted by Crippen LogP contribution is 2.07. The van der Waals surface area contributed by atoms with Crippen LogP contribution in [-0.4, -0.2) is 20.6 Å². The Morgan fingerprint density at radius 2 is 2.07 bits per heavy atom. The maximum atomic E-state index is 3.89. The van der Waals surface area contributed by atoms with Gasteiger partial charge in [0.15, 0.2) is 5.82 Å². The number of aromatic amines is 1. The summed E-state index contributed by atoms with van der Waals surface area (Å²) in [5.74, 6) is 0.747. The molecule has 4 nitrogen and oxygen atoms in total. The lowest BCUT2D eigenvalue weighted by Gasteiger charge is -1.97. The quantitative estimate of drug-likeness (QED) is 0.753. The first-order valence-corrected chi connectivity index (χ1v) is 5.20. The van der Waals surface area contributed by atoms with Gasteiger partial charge in [-0.05, 0) is 33.6 Å². The molecule has 1 heterocycles. The van der Waals surface area contributed by atoms with Crippen molar-refractivity contribution in [3.8, 4) is 0 Å². The Hall–Kier alpha value is -1.45. The summed E-state index contributed by atoms with van der Waals surface area (Å²) in [4.78, 5) is 0. The minimum Gasteiger partial charge on any atom is -0.177 e. The first-order chi connectivity index (χ1) is 7.18. The van der Waals surface area contributed by atoms with Crippen molar-refractivity contribution in [1.82, 2.24) is 20.6 Å². The standard InChI is InChI=1S/C11H18N4/c1-9(2)5-4-6-10(3)7-8-11-12-14-15-13-11/h5,7H,4,6,8H2,1-3H3,(H,12,13,14,15)/b10-7+. The van der Waals surface area contributed by atoms with E-state index in [9.17, 15) is 0 Å². The summed E-state index contributed by atoms with van der Waals surface area (Å²) >= 11 is 0. The summed E-state index contributed by atoms with van der Waals surface area (Å²) in [7, 11) is 0. The van der Waals surface area contributed by atoms with Gasteiger partial charge in [0.2, 0.25) is 0 Å². The molecule has 0 radical (unpaired) electrons. The van der Waals surface area contributed by atoms with Crippen molar-refractivity contribution in [2.45, 2.75) is 40.0 Å². The lowest BCUT2D eigenvalue weighted by molar-refractivity contribution is 0.881. The van der Waals surface area contributed by atoms with E-state index in [1.54, 1.807) is 0 Å². The molecule has 1 aromatic rings. The highest BCUT2D eigenvalue weighted by Gasteiger charge is 1.95. The Morgan fingerprint density at radius 3 is 2.67 bits per heavy atom. The number of rotatable bonds is 5. The second-order valence-electron chi connectivity index (χ2n) is 3.90. The zero-order valence-corrected chi connectivity index (χ0v) is 9.62. The fourth-order valence-corrected chi connectivity index (χ4v) is 1.23. The Morgan fingerprint density at radius 1 is 1.27 bits per heavy atom. The van der Waals surface area contributed by atoms with E-state index in [1.807, 2.05) is 0 Å². The SMILES string of the molecule is CC(C)=CCC/C(C)=C/Cc1nn[nH]n1. The molecule has 82 valence electrons. The zero-order chi connectivity index (χ0) is 11.1. The van der Waals surface area contributed by atoms with Crippen LogP contribution in [0.25, 0.3) is 0 Å². The van der Waals surface area contributed by atoms with Gasteiger partial charge in [-0.15, -0.1) is 10.2 Å². The van der Waals surface area contributed by atoms with Crippen LogP contribution in [0, 0.1) is 0 Å². The van der Waals surface area contributed by atoms with Crippen molar-refractivity contribution in [3.05, 3.63) is 29.1 Å². The predicted molar refractivity (Wildman–Crippen MR) is 60.3 cm³/mol. The van der Waals surface area contributed by atoms with E-state index in [0.717, 1.165) is 25.1 Å². The van der Waals surface area contributed by atoms with Crippen molar-refractivity contribution in [3.63, 3.8) is 0 Å². The van der Waals surface area contributed by atoms with Crippen LogP contribution in [0.4, 0.5) is 0 Å². The van der Waals surface area contributed by atoms with Gasteiger partial charge < -0.3 is 0 Å². The molecule has 0 aromatic carbocycles. The van der Waals surface area contributed by atoms with Crippen LogP contribution in [0.2, 0.25) is 0 Å². The summed E-state index contributed by atoms with van der Waals surface area (Å²) in [6.45, 7) is 6.38. The fraction of sp³-hybridized carbons (Fsp3) is 0.545. The molecule has 1 N–H and O–H groups in total. The van der Waals surface area contributed by atoms with E-state index < -0.39 is 0 Å². The molecule has 0 spiro atoms. The molecule has 0 atom stereocenters. The smallest absolute Gasteiger partial charge is 0.177 e. The molecule has 0 aliphatic heterocycles. The average Bonchev–Trinajstić information content (AvgIpc) is 2.66. The highest BCUT2D eigenvalue weighted by atomic mass is 15.5. The first kappa shape index (κ1) is 11.6. The molecule has 0 aliphatic carbocycles. The van der Waals surface area contributed by atoms with E-state index in [1.165, 1.54) is 11.1 Å². The molecule has 0 saturated heterocycles. The van der Waals surface area contributed by atoms with E-state index in [0.29, 0.717) is 0 Å². The van der Waals surface area contributed by atoms with Crippen molar-refractivity contribution in [2.75, 3.05) is 0 Å². The first-order valence-electron chi connectivity index (χ1n) is 5.20. The molecule has 0 saturated carbocycles. The van der Waals surface area contributed by atoms with E-state index in [2.05, 4.69) is 53.5 Å². The summed E-state index contributed by atoms with van der Waals surface area (Å²) in [5, 5.41) is 13.7. The lowest BCUT2D eigenvalue weighted by atomic mass is 10.1. The third kappa shape index (κ3) is 5.10. The Labute approximate surface area is 90.5 Å². The molecule has 15 heavy (non-hydrogen) atoms. The number of tetrazole rings is 1. The number of hydrogen-bond donors (Lipinski definition) is 1. The number of H-pyrrole nitrogens is 1. The third-order valence-corrected chi connectivity index (χ3v) is 2.11. The molecule has 4 heteroatoms. The molecule has 0 amide bonds. The predicted octanol–water partition coefficient (Wildman–Crippen LogP) is 2.43. The van der Waals surface area contributed by atoms with Gasteiger partial charge in [0.05, 0.1) is 0 Å². The van der Waals surface area contributed by atoms with Crippen LogP contribution >= 0.6 is 0 Å². The number of aromatic nitrogens is 4. The minimum absolute atomic E-state index is 0.747. The normalized spacial score (nSPS) is 11.5. The van der Waals surface area contributed by atoms with Crippen LogP contribution in [0.3, 0.4) is 0 Å². The van der Waals surface area contributed by atoms with Gasteiger partial charge >= 0.3 is 0 Å². The number of hydrogen-bond acceptors (Lipinski definition) is 3.